The van der Waals surface area contributed by atoms with Gasteiger partial charge in [-0.2, -0.15) is 5.10 Å². The highest BCUT2D eigenvalue weighted by atomic mass is 16.3. The second-order valence-electron chi connectivity index (χ2n) is 5.72. The van der Waals surface area contributed by atoms with Crippen molar-refractivity contribution in [2.45, 2.75) is 64.3 Å². The average molecular weight is 251 g/mol. The van der Waals surface area contributed by atoms with Crippen LogP contribution in [0.5, 0.6) is 0 Å². The number of aromatic nitrogens is 2. The van der Waals surface area contributed by atoms with Crippen molar-refractivity contribution in [3.8, 4) is 0 Å². The Labute approximate surface area is 110 Å². The molecule has 4 heteroatoms. The number of nitrogens with zero attached hydrogens (tertiary/aromatic N) is 3. The van der Waals surface area contributed by atoms with Crippen molar-refractivity contribution < 1.29 is 5.11 Å². The van der Waals surface area contributed by atoms with Crippen molar-refractivity contribution >= 4 is 0 Å². The highest BCUT2D eigenvalue weighted by molar-refractivity contribution is 5.00. The van der Waals surface area contributed by atoms with Gasteiger partial charge in [-0.15, -0.1) is 0 Å². The maximum atomic E-state index is 10.0. The third kappa shape index (κ3) is 3.12. The van der Waals surface area contributed by atoms with Crippen molar-refractivity contribution in [1.82, 2.24) is 14.7 Å². The van der Waals surface area contributed by atoms with Crippen LogP contribution in [0.15, 0.2) is 12.3 Å². The number of aliphatic hydroxyl groups excluding tert-OH is 1. The molecule has 1 aromatic heterocycles. The summed E-state index contributed by atoms with van der Waals surface area (Å²) in [4.78, 5) is 2.25. The predicted octanol–water partition coefficient (Wildman–Crippen LogP) is 2.20. The molecule has 0 radical (unpaired) electrons. The van der Waals surface area contributed by atoms with E-state index in [0.29, 0.717) is 12.1 Å². The predicted molar refractivity (Wildman–Crippen MR) is 72.3 cm³/mol. The van der Waals surface area contributed by atoms with E-state index in [9.17, 15) is 5.11 Å². The molecular formula is C14H25N3O. The minimum atomic E-state index is -0.170. The van der Waals surface area contributed by atoms with Gasteiger partial charge >= 0.3 is 0 Å². The molecule has 2 rings (SSSR count). The normalized spacial score (nSPS) is 25.0. The Bertz CT molecular complexity index is 375. The van der Waals surface area contributed by atoms with E-state index in [1.54, 1.807) is 0 Å². The van der Waals surface area contributed by atoms with Gasteiger partial charge in [0.05, 0.1) is 11.8 Å². The van der Waals surface area contributed by atoms with Gasteiger partial charge in [0.15, 0.2) is 0 Å². The quantitative estimate of drug-likeness (QED) is 0.892. The van der Waals surface area contributed by atoms with Gasteiger partial charge in [0.2, 0.25) is 0 Å². The van der Waals surface area contributed by atoms with E-state index < -0.39 is 0 Å². The summed E-state index contributed by atoms with van der Waals surface area (Å²) >= 11 is 0. The van der Waals surface area contributed by atoms with E-state index >= 15 is 0 Å². The van der Waals surface area contributed by atoms with E-state index in [2.05, 4.69) is 37.0 Å². The van der Waals surface area contributed by atoms with Crippen LogP contribution in [0.3, 0.4) is 0 Å². The molecule has 0 aliphatic heterocycles. The highest BCUT2D eigenvalue weighted by Crippen LogP contribution is 2.23. The lowest BCUT2D eigenvalue weighted by Gasteiger charge is -2.34. The van der Waals surface area contributed by atoms with Gasteiger partial charge in [0, 0.05) is 24.8 Å². The molecule has 0 spiro atoms. The monoisotopic (exact) mass is 251 g/mol. The molecule has 1 fully saturated rings. The molecule has 102 valence electrons. The van der Waals surface area contributed by atoms with Crippen molar-refractivity contribution in [1.29, 1.82) is 0 Å². The Morgan fingerprint density at radius 2 is 2.17 bits per heavy atom. The molecule has 4 nitrogen and oxygen atoms in total. The second-order valence-corrected chi connectivity index (χ2v) is 5.72. The van der Waals surface area contributed by atoms with Crippen molar-refractivity contribution in [2.24, 2.45) is 0 Å². The van der Waals surface area contributed by atoms with E-state index in [-0.39, 0.29) is 6.10 Å². The van der Waals surface area contributed by atoms with Crippen LogP contribution in [0, 0.1) is 0 Å². The standard InChI is InChI=1S/C14H25N3O/c1-11(2)17-9-8-12(15-17)10-16(3)13-6-4-5-7-14(13)18/h8-9,11,13-14,18H,4-7,10H2,1-3H3. The van der Waals surface area contributed by atoms with Gasteiger partial charge in [-0.3, -0.25) is 9.58 Å². The highest BCUT2D eigenvalue weighted by Gasteiger charge is 2.26. The molecule has 0 saturated heterocycles. The third-order valence-electron chi connectivity index (χ3n) is 3.86. The molecule has 1 aromatic rings. The minimum absolute atomic E-state index is 0.170. The van der Waals surface area contributed by atoms with Crippen molar-refractivity contribution in [3.63, 3.8) is 0 Å². The van der Waals surface area contributed by atoms with Crippen LogP contribution in [-0.4, -0.2) is 39.0 Å². The maximum Gasteiger partial charge on any atom is 0.0764 e. The number of hydrogen-bond donors (Lipinski definition) is 1. The SMILES string of the molecule is CC(C)n1ccc(CN(C)C2CCCCC2O)n1. The lowest BCUT2D eigenvalue weighted by atomic mass is 9.91. The summed E-state index contributed by atoms with van der Waals surface area (Å²) in [5.41, 5.74) is 1.09. The van der Waals surface area contributed by atoms with Crippen molar-refractivity contribution in [2.75, 3.05) is 7.05 Å². The lowest BCUT2D eigenvalue weighted by molar-refractivity contribution is 0.0282. The third-order valence-corrected chi connectivity index (χ3v) is 3.86. The van der Waals surface area contributed by atoms with Gasteiger partial charge in [0.25, 0.3) is 0 Å². The van der Waals surface area contributed by atoms with Crippen LogP contribution in [0.25, 0.3) is 0 Å². The first-order chi connectivity index (χ1) is 8.58. The number of hydrogen-bond acceptors (Lipinski definition) is 3. The molecule has 2 unspecified atom stereocenters. The Morgan fingerprint density at radius 1 is 1.44 bits per heavy atom. The topological polar surface area (TPSA) is 41.3 Å². The number of aliphatic hydroxyl groups is 1. The van der Waals surface area contributed by atoms with E-state index in [1.165, 1.54) is 6.42 Å². The molecule has 1 N–H and O–H groups in total. The summed E-state index contributed by atoms with van der Waals surface area (Å²) in [6.07, 6.45) is 6.29. The summed E-state index contributed by atoms with van der Waals surface area (Å²) in [7, 11) is 2.09. The molecule has 0 bridgehead atoms. The minimum Gasteiger partial charge on any atom is -0.391 e. The molecule has 2 atom stereocenters. The van der Waals surface area contributed by atoms with Gasteiger partial charge in [-0.25, -0.2) is 0 Å². The van der Waals surface area contributed by atoms with Gasteiger partial charge in [-0.05, 0) is 39.8 Å². The zero-order chi connectivity index (χ0) is 13.1. The van der Waals surface area contributed by atoms with Gasteiger partial charge < -0.3 is 5.11 Å². The first-order valence-corrected chi connectivity index (χ1v) is 7.00. The summed E-state index contributed by atoms with van der Waals surface area (Å²) in [6.45, 7) is 5.08. The molecule has 1 aliphatic carbocycles. The molecule has 0 aromatic carbocycles. The Morgan fingerprint density at radius 3 is 2.78 bits per heavy atom. The Hall–Kier alpha value is -0.870. The zero-order valence-corrected chi connectivity index (χ0v) is 11.7. The van der Waals surface area contributed by atoms with E-state index in [1.807, 2.05) is 10.9 Å². The molecule has 1 aliphatic rings. The first-order valence-electron chi connectivity index (χ1n) is 7.00. The fraction of sp³-hybridized carbons (Fsp3) is 0.786. The molecular weight excluding hydrogens is 226 g/mol. The van der Waals surface area contributed by atoms with E-state index in [4.69, 9.17) is 0 Å². The van der Waals surface area contributed by atoms with Crippen LogP contribution < -0.4 is 0 Å². The summed E-state index contributed by atoms with van der Waals surface area (Å²) in [6, 6.07) is 2.78. The van der Waals surface area contributed by atoms with Crippen molar-refractivity contribution in [3.05, 3.63) is 18.0 Å². The fourth-order valence-corrected chi connectivity index (χ4v) is 2.73. The Kier molecular flexibility index (Phi) is 4.40. The summed E-state index contributed by atoms with van der Waals surface area (Å²) < 4.78 is 1.99. The first kappa shape index (κ1) is 13.6. The summed E-state index contributed by atoms with van der Waals surface area (Å²) in [5.74, 6) is 0. The maximum absolute atomic E-state index is 10.0. The lowest BCUT2D eigenvalue weighted by Crippen LogP contribution is -2.42. The van der Waals surface area contributed by atoms with Crippen LogP contribution in [-0.2, 0) is 6.54 Å². The summed E-state index contributed by atoms with van der Waals surface area (Å²) in [5, 5.41) is 14.6. The second kappa shape index (κ2) is 5.85. The molecule has 18 heavy (non-hydrogen) atoms. The zero-order valence-electron chi connectivity index (χ0n) is 11.7. The Balaban J connectivity index is 1.95. The molecule has 1 heterocycles. The molecule has 1 saturated carbocycles. The van der Waals surface area contributed by atoms with Gasteiger partial charge in [0.1, 0.15) is 0 Å². The smallest absolute Gasteiger partial charge is 0.0764 e. The van der Waals surface area contributed by atoms with E-state index in [0.717, 1.165) is 31.5 Å². The van der Waals surface area contributed by atoms with Gasteiger partial charge in [-0.1, -0.05) is 12.8 Å². The van der Waals surface area contributed by atoms with Crippen LogP contribution >= 0.6 is 0 Å². The van der Waals surface area contributed by atoms with Crippen LogP contribution in [0.1, 0.15) is 51.3 Å². The van der Waals surface area contributed by atoms with Crippen LogP contribution in [0.4, 0.5) is 0 Å². The molecule has 0 amide bonds. The average Bonchev–Trinajstić information content (AvgIpc) is 2.78. The number of likely N-dealkylation sites (N-methyl/N-ethyl adjacent to an activating group) is 1. The fourth-order valence-electron chi connectivity index (χ4n) is 2.73. The van der Waals surface area contributed by atoms with Crippen LogP contribution in [0.2, 0.25) is 0 Å². The largest absolute Gasteiger partial charge is 0.391 e. The number of rotatable bonds is 4.